The van der Waals surface area contributed by atoms with Gasteiger partial charge in [0.25, 0.3) is 0 Å². The lowest BCUT2D eigenvalue weighted by molar-refractivity contribution is 0.954. The van der Waals surface area contributed by atoms with Crippen molar-refractivity contribution in [3.63, 3.8) is 0 Å². The first-order valence-corrected chi connectivity index (χ1v) is 5.64. The van der Waals surface area contributed by atoms with Crippen LogP contribution >= 0.6 is 15.9 Å². The molecule has 0 bridgehead atoms. The van der Waals surface area contributed by atoms with Gasteiger partial charge in [-0.2, -0.15) is 0 Å². The smallest absolute Gasteiger partial charge is 0.00660 e. The van der Waals surface area contributed by atoms with Crippen LogP contribution in [0, 0.1) is 0 Å². The molecule has 0 amide bonds. The normalized spacial score (nSPS) is 11.5. The number of alkyl halides is 1. The van der Waals surface area contributed by atoms with Crippen molar-refractivity contribution in [2.24, 2.45) is 0 Å². The fourth-order valence-corrected chi connectivity index (χ4v) is 1.22. The molecule has 0 N–H and O–H groups in total. The third kappa shape index (κ3) is 8.06. The maximum atomic E-state index is 3.41. The van der Waals surface area contributed by atoms with Crippen molar-refractivity contribution < 1.29 is 0 Å². The summed E-state index contributed by atoms with van der Waals surface area (Å²) in [5, 5.41) is 1.08. The monoisotopic (exact) mass is 230 g/mol. The number of rotatable bonds is 5. The maximum absolute atomic E-state index is 3.41. The molecule has 0 saturated heterocycles. The topological polar surface area (TPSA) is 0 Å². The zero-order valence-corrected chi connectivity index (χ0v) is 9.95. The first-order valence-electron chi connectivity index (χ1n) is 4.51. The molecule has 0 radical (unpaired) electrons. The van der Waals surface area contributed by atoms with Crippen LogP contribution in [-0.2, 0) is 0 Å². The fourth-order valence-electron chi connectivity index (χ4n) is 0.992. The van der Waals surface area contributed by atoms with Gasteiger partial charge in [0.1, 0.15) is 0 Å². The van der Waals surface area contributed by atoms with Gasteiger partial charge in [0, 0.05) is 5.33 Å². The predicted octanol–water partition coefficient (Wildman–Crippen LogP) is 4.46. The van der Waals surface area contributed by atoms with E-state index in [4.69, 9.17) is 0 Å². The lowest BCUT2D eigenvalue weighted by Gasteiger charge is -1.97. The van der Waals surface area contributed by atoms with Crippen LogP contribution in [0.25, 0.3) is 0 Å². The molecule has 0 aliphatic rings. The first kappa shape index (κ1) is 12.0. The second-order valence-electron chi connectivity index (χ2n) is 3.35. The van der Waals surface area contributed by atoms with Gasteiger partial charge in [-0.15, -0.1) is 0 Å². The van der Waals surface area contributed by atoms with Crippen LogP contribution < -0.4 is 0 Å². The molecule has 0 nitrogen and oxygen atoms in total. The Kier molecular flexibility index (Phi) is 7.58. The van der Waals surface area contributed by atoms with E-state index in [1.54, 1.807) is 0 Å². The van der Waals surface area contributed by atoms with Gasteiger partial charge in [-0.25, -0.2) is 0 Å². The highest BCUT2D eigenvalue weighted by molar-refractivity contribution is 9.09. The lowest BCUT2D eigenvalue weighted by atomic mass is 10.1. The van der Waals surface area contributed by atoms with Crippen LogP contribution in [0.5, 0.6) is 0 Å². The average molecular weight is 231 g/mol. The SMILES string of the molecule is CC(C)=CCC/C(C)=C/CCBr. The quantitative estimate of drug-likeness (QED) is 0.484. The van der Waals surface area contributed by atoms with Crippen LogP contribution in [0.3, 0.4) is 0 Å². The van der Waals surface area contributed by atoms with Crippen LogP contribution in [0.15, 0.2) is 23.3 Å². The minimum atomic E-state index is 1.08. The highest BCUT2D eigenvalue weighted by Crippen LogP contribution is 2.07. The Labute approximate surface area is 84.9 Å². The molecule has 0 aromatic heterocycles. The molecule has 0 heterocycles. The molecule has 0 saturated carbocycles. The van der Waals surface area contributed by atoms with Crippen molar-refractivity contribution in [1.29, 1.82) is 0 Å². The predicted molar refractivity (Wildman–Crippen MR) is 60.8 cm³/mol. The molecule has 0 aliphatic heterocycles. The Morgan fingerprint density at radius 3 is 2.25 bits per heavy atom. The van der Waals surface area contributed by atoms with E-state index in [-0.39, 0.29) is 0 Å². The van der Waals surface area contributed by atoms with Crippen molar-refractivity contribution in [2.75, 3.05) is 5.33 Å². The van der Waals surface area contributed by atoms with Gasteiger partial charge in [0.05, 0.1) is 0 Å². The summed E-state index contributed by atoms with van der Waals surface area (Å²) in [5.41, 5.74) is 2.93. The summed E-state index contributed by atoms with van der Waals surface area (Å²) >= 11 is 3.41. The maximum Gasteiger partial charge on any atom is 0.00660 e. The highest BCUT2D eigenvalue weighted by Gasteiger charge is 1.87. The number of hydrogen-bond acceptors (Lipinski definition) is 0. The third-order valence-corrected chi connectivity index (χ3v) is 2.15. The van der Waals surface area contributed by atoms with Gasteiger partial charge in [-0.1, -0.05) is 39.2 Å². The second kappa shape index (κ2) is 7.60. The molecular weight excluding hydrogens is 212 g/mol. The Balaban J connectivity index is 3.56. The number of halogens is 1. The van der Waals surface area contributed by atoms with Crippen molar-refractivity contribution in [2.45, 2.75) is 40.0 Å². The van der Waals surface area contributed by atoms with Gasteiger partial charge in [-0.3, -0.25) is 0 Å². The van der Waals surface area contributed by atoms with Gasteiger partial charge < -0.3 is 0 Å². The van der Waals surface area contributed by atoms with Crippen molar-refractivity contribution >= 4 is 15.9 Å². The van der Waals surface area contributed by atoms with Crippen LogP contribution in [0.4, 0.5) is 0 Å². The van der Waals surface area contributed by atoms with Crippen LogP contribution in [0.2, 0.25) is 0 Å². The summed E-state index contributed by atoms with van der Waals surface area (Å²) in [6.45, 7) is 6.51. The van der Waals surface area contributed by atoms with E-state index in [0.717, 1.165) is 11.8 Å². The van der Waals surface area contributed by atoms with Gasteiger partial charge in [0.15, 0.2) is 0 Å². The van der Waals surface area contributed by atoms with E-state index in [1.165, 1.54) is 24.0 Å². The van der Waals surface area contributed by atoms with E-state index in [9.17, 15) is 0 Å². The number of hydrogen-bond donors (Lipinski definition) is 0. The largest absolute Gasteiger partial charge is 0.0925 e. The first-order chi connectivity index (χ1) is 5.66. The molecule has 0 atom stereocenters. The zero-order valence-electron chi connectivity index (χ0n) is 8.36. The molecule has 0 fully saturated rings. The fraction of sp³-hybridized carbons (Fsp3) is 0.636. The number of allylic oxidation sites excluding steroid dienone is 4. The lowest BCUT2D eigenvalue weighted by Crippen LogP contribution is -1.78. The van der Waals surface area contributed by atoms with Crippen molar-refractivity contribution in [3.8, 4) is 0 Å². The summed E-state index contributed by atoms with van der Waals surface area (Å²) in [4.78, 5) is 0. The summed E-state index contributed by atoms with van der Waals surface area (Å²) in [6, 6.07) is 0. The molecule has 0 rings (SSSR count). The standard InChI is InChI=1S/C11H19Br/c1-10(2)6-4-7-11(3)8-5-9-12/h6,8H,4-5,7,9H2,1-3H3/b11-8+. The second-order valence-corrected chi connectivity index (χ2v) is 4.14. The van der Waals surface area contributed by atoms with E-state index in [0.29, 0.717) is 0 Å². The zero-order chi connectivity index (χ0) is 9.40. The molecular formula is C11H19Br. The Bertz CT molecular complexity index is 162. The Morgan fingerprint density at radius 2 is 1.75 bits per heavy atom. The van der Waals surface area contributed by atoms with Gasteiger partial charge in [-0.05, 0) is 40.0 Å². The summed E-state index contributed by atoms with van der Waals surface area (Å²) in [6.07, 6.45) is 8.16. The molecule has 0 unspecified atom stereocenters. The summed E-state index contributed by atoms with van der Waals surface area (Å²) in [5.74, 6) is 0. The van der Waals surface area contributed by atoms with Gasteiger partial charge >= 0.3 is 0 Å². The van der Waals surface area contributed by atoms with E-state index < -0.39 is 0 Å². The van der Waals surface area contributed by atoms with E-state index in [1.807, 2.05) is 0 Å². The van der Waals surface area contributed by atoms with E-state index >= 15 is 0 Å². The van der Waals surface area contributed by atoms with Gasteiger partial charge in [0.2, 0.25) is 0 Å². The highest BCUT2D eigenvalue weighted by atomic mass is 79.9. The third-order valence-electron chi connectivity index (χ3n) is 1.69. The molecule has 0 spiro atoms. The minimum absolute atomic E-state index is 1.08. The Morgan fingerprint density at radius 1 is 1.08 bits per heavy atom. The van der Waals surface area contributed by atoms with E-state index in [2.05, 4.69) is 48.9 Å². The molecule has 0 aromatic carbocycles. The van der Waals surface area contributed by atoms with Crippen LogP contribution in [0.1, 0.15) is 40.0 Å². The van der Waals surface area contributed by atoms with Crippen molar-refractivity contribution in [1.82, 2.24) is 0 Å². The molecule has 1 heteroatoms. The minimum Gasteiger partial charge on any atom is -0.0925 e. The molecule has 12 heavy (non-hydrogen) atoms. The molecule has 0 aliphatic carbocycles. The Hall–Kier alpha value is -0.0400. The van der Waals surface area contributed by atoms with Crippen LogP contribution in [-0.4, -0.2) is 5.33 Å². The molecule has 70 valence electrons. The average Bonchev–Trinajstić information content (AvgIpc) is 2.00. The van der Waals surface area contributed by atoms with Crippen molar-refractivity contribution in [3.05, 3.63) is 23.3 Å². The summed E-state index contributed by atoms with van der Waals surface area (Å²) in [7, 11) is 0. The molecule has 0 aromatic rings. The summed E-state index contributed by atoms with van der Waals surface area (Å²) < 4.78 is 0.